The van der Waals surface area contributed by atoms with Crippen molar-refractivity contribution in [1.29, 1.82) is 0 Å². The topological polar surface area (TPSA) is 85.2 Å². The number of hydrogen-bond acceptors (Lipinski definition) is 4. The normalized spacial score (nSPS) is 20.0. The van der Waals surface area contributed by atoms with Crippen molar-refractivity contribution in [2.24, 2.45) is 5.41 Å². The lowest BCUT2D eigenvalue weighted by atomic mass is 9.81. The van der Waals surface area contributed by atoms with Crippen LogP contribution in [0.5, 0.6) is 5.75 Å². The van der Waals surface area contributed by atoms with Crippen molar-refractivity contribution >= 4 is 17.6 Å². The number of carbonyl (C=O) groups excluding carboxylic acids is 2. The molecule has 0 bridgehead atoms. The van der Waals surface area contributed by atoms with Gasteiger partial charge >= 0.3 is 0 Å². The maximum atomic E-state index is 12.5. The summed E-state index contributed by atoms with van der Waals surface area (Å²) in [6.07, 6.45) is 2.73. The summed E-state index contributed by atoms with van der Waals surface area (Å²) in [4.78, 5) is 23.8. The third kappa shape index (κ3) is 3.99. The van der Waals surface area contributed by atoms with E-state index in [0.29, 0.717) is 31.7 Å². The number of rotatable bonds is 5. The molecule has 1 atom stereocenters. The van der Waals surface area contributed by atoms with Crippen LogP contribution < -0.4 is 15.4 Å². The zero-order chi connectivity index (χ0) is 17.9. The molecule has 1 aliphatic rings. The second-order valence-electron chi connectivity index (χ2n) is 6.54. The average molecular weight is 342 g/mol. The number of hydrogen-bond donors (Lipinski definition) is 2. The first kappa shape index (κ1) is 17.0. The predicted octanol–water partition coefficient (Wildman–Crippen LogP) is 1.79. The number of carbonyl (C=O) groups is 2. The Morgan fingerprint density at radius 2 is 2.12 bits per heavy atom. The Balaban J connectivity index is 1.61. The molecule has 1 saturated heterocycles. The lowest BCUT2D eigenvalue weighted by Gasteiger charge is -2.31. The molecule has 0 spiro atoms. The first-order chi connectivity index (χ1) is 12.0. The van der Waals surface area contributed by atoms with Gasteiger partial charge in [-0.25, -0.2) is 0 Å². The van der Waals surface area contributed by atoms with Crippen molar-refractivity contribution in [3.63, 3.8) is 0 Å². The largest absolute Gasteiger partial charge is 0.497 e. The first-order valence-corrected chi connectivity index (χ1v) is 8.23. The maximum Gasteiger partial charge on any atom is 0.233 e. The third-order valence-electron chi connectivity index (χ3n) is 4.51. The van der Waals surface area contributed by atoms with E-state index in [9.17, 15) is 9.59 Å². The van der Waals surface area contributed by atoms with E-state index in [1.54, 1.807) is 17.9 Å². The molecule has 0 aliphatic carbocycles. The molecule has 2 amide bonds. The minimum Gasteiger partial charge on any atom is -0.497 e. The van der Waals surface area contributed by atoms with Gasteiger partial charge in [-0.05, 0) is 31.0 Å². The molecule has 0 saturated carbocycles. The summed E-state index contributed by atoms with van der Waals surface area (Å²) in [5.74, 6) is 1.19. The van der Waals surface area contributed by atoms with E-state index in [-0.39, 0.29) is 11.8 Å². The number of benzene rings is 1. The Bertz CT molecular complexity index is 757. The molecule has 2 heterocycles. The van der Waals surface area contributed by atoms with Crippen LogP contribution in [0.15, 0.2) is 36.5 Å². The molecule has 2 aromatic rings. The number of ether oxygens (including phenoxy) is 1. The Hall–Kier alpha value is -2.83. The first-order valence-electron chi connectivity index (χ1n) is 8.23. The summed E-state index contributed by atoms with van der Waals surface area (Å²) >= 11 is 0. The Kier molecular flexibility index (Phi) is 4.74. The second kappa shape index (κ2) is 6.96. The number of anilines is 1. The second-order valence-corrected chi connectivity index (χ2v) is 6.54. The molecule has 1 aromatic carbocycles. The average Bonchev–Trinajstić information content (AvgIpc) is 3.05. The standard InChI is InChI=1S/C18H22N4O3/c1-18(9-7-16(23)19-12-18)17(24)20-15-8-10-22(21-15)11-13-3-5-14(25-2)6-4-13/h3-6,8,10H,7,9,11-12H2,1-2H3,(H,19,23)(H,20,21,24). The van der Waals surface area contributed by atoms with E-state index >= 15 is 0 Å². The third-order valence-corrected chi connectivity index (χ3v) is 4.51. The van der Waals surface area contributed by atoms with Gasteiger partial charge in [0.05, 0.1) is 19.1 Å². The van der Waals surface area contributed by atoms with Crippen molar-refractivity contribution in [2.45, 2.75) is 26.3 Å². The van der Waals surface area contributed by atoms with Crippen molar-refractivity contribution < 1.29 is 14.3 Å². The van der Waals surface area contributed by atoms with Crippen LogP contribution in [-0.4, -0.2) is 35.2 Å². The summed E-state index contributed by atoms with van der Waals surface area (Å²) < 4.78 is 6.91. The minimum absolute atomic E-state index is 0.00551. The molecule has 7 heteroatoms. The molecular formula is C18H22N4O3. The molecular weight excluding hydrogens is 320 g/mol. The summed E-state index contributed by atoms with van der Waals surface area (Å²) in [7, 11) is 1.63. The molecule has 3 rings (SSSR count). The molecule has 1 aromatic heterocycles. The highest BCUT2D eigenvalue weighted by Crippen LogP contribution is 2.27. The molecule has 132 valence electrons. The fraction of sp³-hybridized carbons (Fsp3) is 0.389. The molecule has 25 heavy (non-hydrogen) atoms. The highest BCUT2D eigenvalue weighted by molar-refractivity contribution is 5.95. The fourth-order valence-corrected chi connectivity index (χ4v) is 2.76. The SMILES string of the molecule is COc1ccc(Cn2ccc(NC(=O)C3(C)CCC(=O)NC3)n2)cc1. The van der Waals surface area contributed by atoms with Gasteiger partial charge in [0.15, 0.2) is 5.82 Å². The fourth-order valence-electron chi connectivity index (χ4n) is 2.76. The minimum atomic E-state index is -0.603. The number of methoxy groups -OCH3 is 1. The molecule has 0 radical (unpaired) electrons. The van der Waals surface area contributed by atoms with Crippen LogP contribution in [0.1, 0.15) is 25.3 Å². The highest BCUT2D eigenvalue weighted by atomic mass is 16.5. The molecule has 1 fully saturated rings. The van der Waals surface area contributed by atoms with Gasteiger partial charge in [-0.3, -0.25) is 14.3 Å². The van der Waals surface area contributed by atoms with Crippen LogP contribution in [0.25, 0.3) is 0 Å². The van der Waals surface area contributed by atoms with Gasteiger partial charge < -0.3 is 15.4 Å². The van der Waals surface area contributed by atoms with Crippen LogP contribution >= 0.6 is 0 Å². The van der Waals surface area contributed by atoms with Crippen molar-refractivity contribution in [3.8, 4) is 5.75 Å². The number of piperidine rings is 1. The summed E-state index contributed by atoms with van der Waals surface area (Å²) in [6, 6.07) is 9.53. The lowest BCUT2D eigenvalue weighted by Crippen LogP contribution is -2.48. The number of nitrogens with one attached hydrogen (secondary N) is 2. The van der Waals surface area contributed by atoms with E-state index < -0.39 is 5.41 Å². The van der Waals surface area contributed by atoms with E-state index in [1.165, 1.54) is 0 Å². The number of amides is 2. The van der Waals surface area contributed by atoms with Gasteiger partial charge in [-0.2, -0.15) is 5.10 Å². The maximum absolute atomic E-state index is 12.5. The van der Waals surface area contributed by atoms with Crippen molar-refractivity contribution in [1.82, 2.24) is 15.1 Å². The number of aromatic nitrogens is 2. The van der Waals surface area contributed by atoms with Crippen LogP contribution in [0.4, 0.5) is 5.82 Å². The smallest absolute Gasteiger partial charge is 0.233 e. The highest BCUT2D eigenvalue weighted by Gasteiger charge is 2.37. The van der Waals surface area contributed by atoms with Crippen molar-refractivity contribution in [3.05, 3.63) is 42.1 Å². The number of nitrogens with zero attached hydrogens (tertiary/aromatic N) is 2. The Labute approximate surface area is 146 Å². The zero-order valence-electron chi connectivity index (χ0n) is 14.4. The predicted molar refractivity (Wildman–Crippen MR) is 93.3 cm³/mol. The van der Waals surface area contributed by atoms with Gasteiger partial charge in [0.2, 0.25) is 11.8 Å². The van der Waals surface area contributed by atoms with Crippen LogP contribution in [0.3, 0.4) is 0 Å². The molecule has 7 nitrogen and oxygen atoms in total. The van der Waals surface area contributed by atoms with E-state index in [4.69, 9.17) is 4.74 Å². The van der Waals surface area contributed by atoms with Crippen LogP contribution in [0, 0.1) is 5.41 Å². The zero-order valence-corrected chi connectivity index (χ0v) is 14.4. The quantitative estimate of drug-likeness (QED) is 0.867. The molecule has 2 N–H and O–H groups in total. The van der Waals surface area contributed by atoms with E-state index in [0.717, 1.165) is 11.3 Å². The van der Waals surface area contributed by atoms with Gasteiger partial charge in [-0.15, -0.1) is 0 Å². The summed E-state index contributed by atoms with van der Waals surface area (Å²) in [6.45, 7) is 2.81. The summed E-state index contributed by atoms with van der Waals surface area (Å²) in [5, 5.41) is 10.00. The van der Waals surface area contributed by atoms with E-state index in [1.807, 2.05) is 37.4 Å². The van der Waals surface area contributed by atoms with Gasteiger partial charge in [0.25, 0.3) is 0 Å². The molecule has 1 unspecified atom stereocenters. The van der Waals surface area contributed by atoms with Crippen molar-refractivity contribution in [2.75, 3.05) is 19.0 Å². The summed E-state index contributed by atoms with van der Waals surface area (Å²) in [5.41, 5.74) is 0.483. The van der Waals surface area contributed by atoms with E-state index in [2.05, 4.69) is 15.7 Å². The van der Waals surface area contributed by atoms with Gasteiger partial charge in [0, 0.05) is 25.2 Å². The molecule has 1 aliphatic heterocycles. The monoisotopic (exact) mass is 342 g/mol. The lowest BCUT2D eigenvalue weighted by molar-refractivity contribution is -0.130. The van der Waals surface area contributed by atoms with Crippen LogP contribution in [0.2, 0.25) is 0 Å². The van der Waals surface area contributed by atoms with Crippen LogP contribution in [-0.2, 0) is 16.1 Å². The van der Waals surface area contributed by atoms with Gasteiger partial charge in [0.1, 0.15) is 5.75 Å². The van der Waals surface area contributed by atoms with Gasteiger partial charge in [-0.1, -0.05) is 12.1 Å². The Morgan fingerprint density at radius 1 is 1.36 bits per heavy atom. The Morgan fingerprint density at radius 3 is 2.76 bits per heavy atom.